The number of hydrogen-bond acceptors (Lipinski definition) is 1. The summed E-state index contributed by atoms with van der Waals surface area (Å²) in [5.41, 5.74) is 0.752. The van der Waals surface area contributed by atoms with Crippen LogP contribution in [-0.2, 0) is 4.79 Å². The summed E-state index contributed by atoms with van der Waals surface area (Å²) in [5, 5.41) is 9.55. The molecule has 0 saturated heterocycles. The molecular formula is C11H11ClO2. The summed E-state index contributed by atoms with van der Waals surface area (Å²) in [6.07, 6.45) is 2.03. The van der Waals surface area contributed by atoms with E-state index in [1.54, 1.807) is 30.3 Å². The highest BCUT2D eigenvalue weighted by atomic mass is 35.5. The Kier molecular flexibility index (Phi) is 3.72. The monoisotopic (exact) mass is 210 g/mol. The molecule has 74 valence electrons. The van der Waals surface area contributed by atoms with Crippen LogP contribution in [0.5, 0.6) is 0 Å². The van der Waals surface area contributed by atoms with Gasteiger partial charge in [-0.15, -0.1) is 6.58 Å². The van der Waals surface area contributed by atoms with Crippen molar-refractivity contribution in [2.45, 2.75) is 12.3 Å². The van der Waals surface area contributed by atoms with E-state index in [4.69, 9.17) is 16.7 Å². The van der Waals surface area contributed by atoms with Gasteiger partial charge in [-0.05, 0) is 24.1 Å². The Hall–Kier alpha value is -1.28. The third-order valence-electron chi connectivity index (χ3n) is 1.97. The lowest BCUT2D eigenvalue weighted by atomic mass is 9.96. The summed E-state index contributed by atoms with van der Waals surface area (Å²) >= 11 is 5.71. The van der Waals surface area contributed by atoms with Gasteiger partial charge < -0.3 is 5.11 Å². The second kappa shape index (κ2) is 4.82. The molecule has 1 atom stereocenters. The van der Waals surface area contributed by atoms with E-state index >= 15 is 0 Å². The molecule has 3 heteroatoms. The van der Waals surface area contributed by atoms with Gasteiger partial charge in [0.25, 0.3) is 0 Å². The topological polar surface area (TPSA) is 37.3 Å². The Bertz CT molecular complexity index is 330. The van der Waals surface area contributed by atoms with Gasteiger partial charge in [0.1, 0.15) is 0 Å². The van der Waals surface area contributed by atoms with Gasteiger partial charge >= 0.3 is 5.97 Å². The van der Waals surface area contributed by atoms with Gasteiger partial charge in [0.15, 0.2) is 0 Å². The molecule has 0 aliphatic heterocycles. The zero-order valence-electron chi connectivity index (χ0n) is 7.61. The first kappa shape index (κ1) is 10.8. The molecule has 14 heavy (non-hydrogen) atoms. The Labute approximate surface area is 87.8 Å². The van der Waals surface area contributed by atoms with E-state index in [1.807, 2.05) is 0 Å². The van der Waals surface area contributed by atoms with Crippen molar-refractivity contribution in [2.75, 3.05) is 0 Å². The first-order valence-corrected chi connectivity index (χ1v) is 4.62. The highest BCUT2D eigenvalue weighted by Crippen LogP contribution is 2.22. The maximum atomic E-state index is 10.9. The molecule has 2 nitrogen and oxygen atoms in total. The molecule has 1 unspecified atom stereocenters. The van der Waals surface area contributed by atoms with Gasteiger partial charge in [0.2, 0.25) is 0 Å². The second-order valence-corrected chi connectivity index (χ2v) is 3.40. The van der Waals surface area contributed by atoms with Gasteiger partial charge in [-0.3, -0.25) is 4.79 Å². The fraction of sp³-hybridized carbons (Fsp3) is 0.182. The molecule has 1 aromatic rings. The smallest absolute Gasteiger partial charge is 0.311 e. The quantitative estimate of drug-likeness (QED) is 0.776. The average Bonchev–Trinajstić information content (AvgIpc) is 2.15. The van der Waals surface area contributed by atoms with Crippen molar-refractivity contribution >= 4 is 17.6 Å². The SMILES string of the molecule is C=CCC(C(=O)O)c1ccc(Cl)cc1. The van der Waals surface area contributed by atoms with E-state index in [2.05, 4.69) is 6.58 Å². The highest BCUT2D eigenvalue weighted by molar-refractivity contribution is 6.30. The van der Waals surface area contributed by atoms with E-state index in [9.17, 15) is 4.79 Å². The Morgan fingerprint density at radius 2 is 2.07 bits per heavy atom. The van der Waals surface area contributed by atoms with Crippen LogP contribution in [0.15, 0.2) is 36.9 Å². The molecule has 0 bridgehead atoms. The van der Waals surface area contributed by atoms with E-state index < -0.39 is 11.9 Å². The van der Waals surface area contributed by atoms with Gasteiger partial charge in [-0.1, -0.05) is 29.8 Å². The molecule has 1 N–H and O–H groups in total. The summed E-state index contributed by atoms with van der Waals surface area (Å²) in [7, 11) is 0. The maximum absolute atomic E-state index is 10.9. The molecule has 0 saturated carbocycles. The molecule has 0 aliphatic carbocycles. The third kappa shape index (κ3) is 2.60. The van der Waals surface area contributed by atoms with Crippen molar-refractivity contribution in [2.24, 2.45) is 0 Å². The molecule has 0 spiro atoms. The molecule has 0 amide bonds. The molecule has 0 heterocycles. The van der Waals surface area contributed by atoms with Crippen LogP contribution in [0.3, 0.4) is 0 Å². The summed E-state index contributed by atoms with van der Waals surface area (Å²) in [6.45, 7) is 3.54. The molecule has 0 aromatic heterocycles. The molecular weight excluding hydrogens is 200 g/mol. The lowest BCUT2D eigenvalue weighted by Gasteiger charge is -2.09. The summed E-state index contributed by atoms with van der Waals surface area (Å²) < 4.78 is 0. The number of allylic oxidation sites excluding steroid dienone is 1. The van der Waals surface area contributed by atoms with Crippen molar-refractivity contribution in [3.63, 3.8) is 0 Å². The van der Waals surface area contributed by atoms with Gasteiger partial charge in [-0.2, -0.15) is 0 Å². The minimum Gasteiger partial charge on any atom is -0.481 e. The zero-order valence-corrected chi connectivity index (χ0v) is 8.37. The first-order valence-electron chi connectivity index (χ1n) is 4.24. The van der Waals surface area contributed by atoms with Crippen molar-refractivity contribution < 1.29 is 9.90 Å². The molecule has 1 rings (SSSR count). The minimum absolute atomic E-state index is 0.428. The second-order valence-electron chi connectivity index (χ2n) is 2.97. The van der Waals surface area contributed by atoms with Crippen molar-refractivity contribution in [1.29, 1.82) is 0 Å². The number of rotatable bonds is 4. The van der Waals surface area contributed by atoms with Gasteiger partial charge in [-0.25, -0.2) is 0 Å². The normalized spacial score (nSPS) is 12.1. The van der Waals surface area contributed by atoms with E-state index in [0.29, 0.717) is 11.4 Å². The number of carboxylic acid groups (broad SMARTS) is 1. The molecule has 0 aliphatic rings. The fourth-order valence-electron chi connectivity index (χ4n) is 1.24. The highest BCUT2D eigenvalue weighted by Gasteiger charge is 2.17. The predicted molar refractivity (Wildman–Crippen MR) is 56.6 cm³/mol. The number of carbonyl (C=O) groups is 1. The molecule has 1 aromatic carbocycles. The van der Waals surface area contributed by atoms with Crippen LogP contribution in [0, 0.1) is 0 Å². The van der Waals surface area contributed by atoms with Crippen molar-refractivity contribution in [3.05, 3.63) is 47.5 Å². The van der Waals surface area contributed by atoms with E-state index in [0.717, 1.165) is 5.56 Å². The van der Waals surface area contributed by atoms with Crippen molar-refractivity contribution in [1.82, 2.24) is 0 Å². The fourth-order valence-corrected chi connectivity index (χ4v) is 1.37. The average molecular weight is 211 g/mol. The lowest BCUT2D eigenvalue weighted by Crippen LogP contribution is -2.10. The number of carboxylic acids is 1. The summed E-state index contributed by atoms with van der Waals surface area (Å²) in [6, 6.07) is 6.83. The van der Waals surface area contributed by atoms with Crippen LogP contribution in [0.25, 0.3) is 0 Å². The third-order valence-corrected chi connectivity index (χ3v) is 2.22. The number of hydrogen-bond donors (Lipinski definition) is 1. The van der Waals surface area contributed by atoms with Gasteiger partial charge in [0, 0.05) is 5.02 Å². The molecule has 0 fully saturated rings. The van der Waals surface area contributed by atoms with E-state index in [1.165, 1.54) is 0 Å². The number of benzene rings is 1. The summed E-state index contributed by atoms with van der Waals surface area (Å²) in [5.74, 6) is -1.36. The lowest BCUT2D eigenvalue weighted by molar-refractivity contribution is -0.138. The van der Waals surface area contributed by atoms with Crippen LogP contribution >= 0.6 is 11.6 Å². The van der Waals surface area contributed by atoms with E-state index in [-0.39, 0.29) is 0 Å². The number of aliphatic carboxylic acids is 1. The van der Waals surface area contributed by atoms with Crippen LogP contribution in [0.4, 0.5) is 0 Å². The largest absolute Gasteiger partial charge is 0.481 e. The Balaban J connectivity index is 2.93. The van der Waals surface area contributed by atoms with Crippen LogP contribution < -0.4 is 0 Å². The maximum Gasteiger partial charge on any atom is 0.311 e. The van der Waals surface area contributed by atoms with Crippen LogP contribution in [0.1, 0.15) is 17.9 Å². The minimum atomic E-state index is -0.841. The zero-order chi connectivity index (χ0) is 10.6. The van der Waals surface area contributed by atoms with Crippen LogP contribution in [0.2, 0.25) is 5.02 Å². The first-order chi connectivity index (χ1) is 6.65. The predicted octanol–water partition coefficient (Wildman–Crippen LogP) is 3.08. The van der Waals surface area contributed by atoms with Gasteiger partial charge in [0.05, 0.1) is 5.92 Å². The Morgan fingerprint density at radius 3 is 2.50 bits per heavy atom. The van der Waals surface area contributed by atoms with Crippen molar-refractivity contribution in [3.8, 4) is 0 Å². The van der Waals surface area contributed by atoms with Crippen LogP contribution in [-0.4, -0.2) is 11.1 Å². The molecule has 0 radical (unpaired) electrons. The summed E-state index contributed by atoms with van der Waals surface area (Å²) in [4.78, 5) is 10.9. The number of halogens is 1. The standard InChI is InChI=1S/C11H11ClO2/c1-2-3-10(11(13)14)8-4-6-9(12)7-5-8/h2,4-7,10H,1,3H2,(H,13,14). The Morgan fingerprint density at radius 1 is 1.50 bits per heavy atom.